The first kappa shape index (κ1) is 18.5. The lowest BCUT2D eigenvalue weighted by Crippen LogP contribution is -2.39. The summed E-state index contributed by atoms with van der Waals surface area (Å²) in [6, 6.07) is 6.47. The predicted molar refractivity (Wildman–Crippen MR) is 97.5 cm³/mol. The summed E-state index contributed by atoms with van der Waals surface area (Å²) in [4.78, 5) is 37.9. The Morgan fingerprint density at radius 1 is 1.08 bits per heavy atom. The molecule has 140 valence electrons. The number of nitrogens with zero attached hydrogens (tertiary/aromatic N) is 2. The minimum Gasteiger partial charge on any atom is -0.282 e. The molecule has 6 heteroatoms. The van der Waals surface area contributed by atoms with Crippen molar-refractivity contribution in [3.05, 3.63) is 39.9 Å². The second-order valence-corrected chi connectivity index (χ2v) is 7.44. The molecule has 0 bridgehead atoms. The molecule has 0 spiro atoms. The summed E-state index contributed by atoms with van der Waals surface area (Å²) in [6.45, 7) is 4.64. The van der Waals surface area contributed by atoms with E-state index < -0.39 is 10.3 Å². The van der Waals surface area contributed by atoms with E-state index in [0.717, 1.165) is 37.7 Å². The summed E-state index contributed by atoms with van der Waals surface area (Å²) in [6.07, 6.45) is 5.61. The van der Waals surface area contributed by atoms with Gasteiger partial charge in [-0.05, 0) is 18.4 Å². The molecule has 2 fully saturated rings. The molecule has 1 saturated heterocycles. The number of hydrogen-bond donors (Lipinski definition) is 0. The third-order valence-electron chi connectivity index (χ3n) is 5.89. The van der Waals surface area contributed by atoms with Crippen LogP contribution in [-0.4, -0.2) is 28.2 Å². The fraction of sp³-hybridized carbons (Fsp3) is 0.600. The Morgan fingerprint density at radius 2 is 1.77 bits per heavy atom. The third-order valence-corrected chi connectivity index (χ3v) is 5.89. The van der Waals surface area contributed by atoms with Gasteiger partial charge in [0.05, 0.1) is 16.8 Å². The van der Waals surface area contributed by atoms with E-state index >= 15 is 0 Å². The van der Waals surface area contributed by atoms with Crippen LogP contribution in [0.5, 0.6) is 0 Å². The molecule has 1 aromatic rings. The highest BCUT2D eigenvalue weighted by atomic mass is 16.6. The van der Waals surface area contributed by atoms with Crippen molar-refractivity contribution < 1.29 is 14.5 Å². The Balaban J connectivity index is 1.82. The smallest absolute Gasteiger partial charge is 0.269 e. The van der Waals surface area contributed by atoms with Gasteiger partial charge in [0, 0.05) is 24.1 Å². The first-order valence-electron chi connectivity index (χ1n) is 9.59. The lowest BCUT2D eigenvalue weighted by atomic mass is 9.85. The van der Waals surface area contributed by atoms with Crippen molar-refractivity contribution in [3.63, 3.8) is 0 Å². The zero-order valence-electron chi connectivity index (χ0n) is 15.4. The number of carbonyl (C=O) groups is 2. The van der Waals surface area contributed by atoms with Gasteiger partial charge < -0.3 is 0 Å². The van der Waals surface area contributed by atoms with Crippen molar-refractivity contribution >= 4 is 17.5 Å². The van der Waals surface area contributed by atoms with Crippen molar-refractivity contribution in [2.45, 2.75) is 57.8 Å². The number of carbonyl (C=O) groups excluding carboxylic acids is 2. The largest absolute Gasteiger partial charge is 0.282 e. The van der Waals surface area contributed by atoms with Gasteiger partial charge in [-0.1, -0.05) is 51.7 Å². The standard InChI is InChI=1S/C20H26N2O4/c1-3-5-6-7-12-21-18(23)16-17(19(21)24)20(16,11-4-2)14-9-8-10-15(13-14)22(25)26/h8-10,13,16-17H,3-7,11-12H2,1-2H3. The van der Waals surface area contributed by atoms with Crippen molar-refractivity contribution in [2.75, 3.05) is 6.54 Å². The van der Waals surface area contributed by atoms with Gasteiger partial charge >= 0.3 is 0 Å². The number of benzene rings is 1. The fourth-order valence-electron chi connectivity index (χ4n) is 4.66. The van der Waals surface area contributed by atoms with Gasteiger partial charge in [0.1, 0.15) is 0 Å². The average Bonchev–Trinajstić information content (AvgIpc) is 3.23. The molecule has 1 heterocycles. The van der Waals surface area contributed by atoms with Gasteiger partial charge in [0.2, 0.25) is 11.8 Å². The Hall–Kier alpha value is -2.24. The van der Waals surface area contributed by atoms with E-state index in [4.69, 9.17) is 0 Å². The quantitative estimate of drug-likeness (QED) is 0.291. The maximum absolute atomic E-state index is 12.9. The molecule has 1 aliphatic heterocycles. The number of piperidine rings is 1. The van der Waals surface area contributed by atoms with Gasteiger partial charge in [-0.2, -0.15) is 0 Å². The number of nitro benzene ring substituents is 1. The number of likely N-dealkylation sites (tertiary alicyclic amines) is 1. The molecule has 0 N–H and O–H groups in total. The summed E-state index contributed by atoms with van der Waals surface area (Å²) < 4.78 is 0. The van der Waals surface area contributed by atoms with Crippen molar-refractivity contribution in [3.8, 4) is 0 Å². The van der Waals surface area contributed by atoms with E-state index in [2.05, 4.69) is 6.92 Å². The number of rotatable bonds is 9. The zero-order valence-corrected chi connectivity index (χ0v) is 15.4. The number of amides is 2. The normalized spacial score (nSPS) is 26.9. The van der Waals surface area contributed by atoms with Crippen molar-refractivity contribution in [2.24, 2.45) is 11.8 Å². The predicted octanol–water partition coefficient (Wildman–Crippen LogP) is 3.83. The Labute approximate surface area is 153 Å². The van der Waals surface area contributed by atoms with E-state index in [1.54, 1.807) is 12.1 Å². The second kappa shape index (κ2) is 7.17. The Kier molecular flexibility index (Phi) is 5.12. The molecule has 0 aromatic heterocycles. The maximum atomic E-state index is 12.9. The summed E-state index contributed by atoms with van der Waals surface area (Å²) in [5.41, 5.74) is 0.227. The lowest BCUT2D eigenvalue weighted by Gasteiger charge is -2.25. The molecule has 3 rings (SSSR count). The molecule has 2 amide bonds. The van der Waals surface area contributed by atoms with Crippen LogP contribution in [0.1, 0.15) is 57.9 Å². The number of non-ortho nitro benzene ring substituents is 1. The van der Waals surface area contributed by atoms with Crippen LogP contribution in [0.2, 0.25) is 0 Å². The highest BCUT2D eigenvalue weighted by molar-refractivity contribution is 6.11. The highest BCUT2D eigenvalue weighted by Gasteiger charge is 2.76. The minimum atomic E-state index is -0.547. The van der Waals surface area contributed by atoms with Crippen LogP contribution in [0.15, 0.2) is 24.3 Å². The fourth-order valence-corrected chi connectivity index (χ4v) is 4.66. The number of nitro groups is 1. The van der Waals surface area contributed by atoms with Crippen LogP contribution >= 0.6 is 0 Å². The van der Waals surface area contributed by atoms with Crippen LogP contribution in [0.25, 0.3) is 0 Å². The summed E-state index contributed by atoms with van der Waals surface area (Å²) in [7, 11) is 0. The molecule has 6 nitrogen and oxygen atoms in total. The monoisotopic (exact) mass is 358 g/mol. The van der Waals surface area contributed by atoms with Gasteiger partial charge in [0.25, 0.3) is 5.69 Å². The molecule has 2 atom stereocenters. The Bertz CT molecular complexity index is 708. The summed E-state index contributed by atoms with van der Waals surface area (Å²) >= 11 is 0. The molecular weight excluding hydrogens is 332 g/mol. The molecule has 0 radical (unpaired) electrons. The Morgan fingerprint density at radius 3 is 2.35 bits per heavy atom. The number of imide groups is 1. The first-order chi connectivity index (χ1) is 12.5. The van der Waals surface area contributed by atoms with Crippen LogP contribution in [0, 0.1) is 22.0 Å². The van der Waals surface area contributed by atoms with Crippen LogP contribution < -0.4 is 0 Å². The van der Waals surface area contributed by atoms with Gasteiger partial charge in [-0.25, -0.2) is 0 Å². The molecule has 26 heavy (non-hydrogen) atoms. The summed E-state index contributed by atoms with van der Waals surface area (Å²) in [5, 5.41) is 11.1. The van der Waals surface area contributed by atoms with Gasteiger partial charge in [-0.3, -0.25) is 24.6 Å². The second-order valence-electron chi connectivity index (χ2n) is 7.44. The third kappa shape index (κ3) is 2.81. The first-order valence-corrected chi connectivity index (χ1v) is 9.59. The molecule has 2 unspecified atom stereocenters. The number of fused-ring (bicyclic) bond motifs is 1. The molecule has 1 aliphatic carbocycles. The van der Waals surface area contributed by atoms with E-state index in [9.17, 15) is 19.7 Å². The van der Waals surface area contributed by atoms with Crippen LogP contribution in [0.3, 0.4) is 0 Å². The number of hydrogen-bond acceptors (Lipinski definition) is 4. The molecular formula is C20H26N2O4. The molecule has 2 aliphatic rings. The SMILES string of the molecule is CCCCCCN1C(=O)C2C(C1=O)C2(CCC)c1cccc([N+](=O)[O-])c1. The van der Waals surface area contributed by atoms with E-state index in [0.29, 0.717) is 13.0 Å². The van der Waals surface area contributed by atoms with Crippen LogP contribution in [-0.2, 0) is 15.0 Å². The van der Waals surface area contributed by atoms with Gasteiger partial charge in [0.15, 0.2) is 0 Å². The zero-order chi connectivity index (χ0) is 18.9. The maximum Gasteiger partial charge on any atom is 0.269 e. The lowest BCUT2D eigenvalue weighted by molar-refractivity contribution is -0.385. The average molecular weight is 358 g/mol. The van der Waals surface area contributed by atoms with E-state index in [1.165, 1.54) is 11.0 Å². The highest BCUT2D eigenvalue weighted by Crippen LogP contribution is 2.67. The topological polar surface area (TPSA) is 80.5 Å². The minimum absolute atomic E-state index is 0.0132. The summed E-state index contributed by atoms with van der Waals surface area (Å²) in [5.74, 6) is -0.862. The molecule has 1 saturated carbocycles. The molecule has 1 aromatic carbocycles. The van der Waals surface area contributed by atoms with E-state index in [1.807, 2.05) is 13.0 Å². The van der Waals surface area contributed by atoms with Crippen molar-refractivity contribution in [1.82, 2.24) is 4.90 Å². The van der Waals surface area contributed by atoms with Crippen molar-refractivity contribution in [1.29, 1.82) is 0 Å². The van der Waals surface area contributed by atoms with E-state index in [-0.39, 0.29) is 29.3 Å². The van der Waals surface area contributed by atoms with Crippen LogP contribution in [0.4, 0.5) is 5.69 Å². The number of unbranched alkanes of at least 4 members (excludes halogenated alkanes) is 3. The van der Waals surface area contributed by atoms with Gasteiger partial charge in [-0.15, -0.1) is 0 Å².